The SMILES string of the molecule is CCCCCCCCCOc1cccc(N2C(N)=NC(N)=NC2(C)C)c1. The number of unbranched alkanes of at least 4 members (excludes halogenated alkanes) is 6. The number of hydrogen-bond acceptors (Lipinski definition) is 6. The van der Waals surface area contributed by atoms with Crippen molar-refractivity contribution < 1.29 is 4.74 Å². The molecule has 6 heteroatoms. The van der Waals surface area contributed by atoms with E-state index in [4.69, 9.17) is 16.2 Å². The van der Waals surface area contributed by atoms with Crippen molar-refractivity contribution in [2.24, 2.45) is 21.5 Å². The second-order valence-electron chi connectivity index (χ2n) is 7.24. The Balaban J connectivity index is 1.87. The number of benzene rings is 1. The maximum Gasteiger partial charge on any atom is 0.220 e. The fourth-order valence-electron chi connectivity index (χ4n) is 3.21. The molecule has 1 aliphatic rings. The van der Waals surface area contributed by atoms with Crippen LogP contribution in [0, 0.1) is 0 Å². The Morgan fingerprint density at radius 3 is 2.42 bits per heavy atom. The lowest BCUT2D eigenvalue weighted by atomic mass is 10.1. The first-order valence-corrected chi connectivity index (χ1v) is 9.66. The molecule has 0 saturated heterocycles. The number of rotatable bonds is 10. The molecule has 1 aliphatic heterocycles. The van der Waals surface area contributed by atoms with Gasteiger partial charge < -0.3 is 16.2 Å². The number of aliphatic imine (C=N–C) groups is 2. The van der Waals surface area contributed by atoms with Gasteiger partial charge in [0.2, 0.25) is 11.9 Å². The van der Waals surface area contributed by atoms with E-state index in [2.05, 4.69) is 16.9 Å². The standard InChI is InChI=1S/C20H33N5O/c1-4-5-6-7-8-9-10-14-26-17-13-11-12-16(15-17)25-19(22)23-18(21)24-20(25,2)3/h11-13,15H,4-10,14H2,1-3H3,(H4,21,22,23,24). The molecular weight excluding hydrogens is 326 g/mol. The average molecular weight is 360 g/mol. The Labute approximate surface area is 157 Å². The van der Waals surface area contributed by atoms with Gasteiger partial charge in [-0.2, -0.15) is 4.99 Å². The number of ether oxygens (including phenoxy) is 1. The average Bonchev–Trinajstić information content (AvgIpc) is 2.56. The highest BCUT2D eigenvalue weighted by Gasteiger charge is 2.33. The molecule has 0 fully saturated rings. The summed E-state index contributed by atoms with van der Waals surface area (Å²) in [5, 5.41) is 0. The largest absolute Gasteiger partial charge is 0.494 e. The van der Waals surface area contributed by atoms with E-state index in [0.717, 1.165) is 24.5 Å². The molecule has 0 unspecified atom stereocenters. The van der Waals surface area contributed by atoms with E-state index in [0.29, 0.717) is 5.96 Å². The van der Waals surface area contributed by atoms with Crippen molar-refractivity contribution in [2.75, 3.05) is 11.5 Å². The Bertz CT molecular complexity index is 639. The van der Waals surface area contributed by atoms with Crippen LogP contribution < -0.4 is 21.1 Å². The van der Waals surface area contributed by atoms with Crippen LogP contribution in [0.2, 0.25) is 0 Å². The van der Waals surface area contributed by atoms with Crippen molar-refractivity contribution in [1.82, 2.24) is 0 Å². The normalized spacial score (nSPS) is 16.2. The summed E-state index contributed by atoms with van der Waals surface area (Å²) in [6, 6.07) is 7.87. The van der Waals surface area contributed by atoms with E-state index in [-0.39, 0.29) is 5.96 Å². The van der Waals surface area contributed by atoms with Gasteiger partial charge in [-0.1, -0.05) is 51.5 Å². The summed E-state index contributed by atoms with van der Waals surface area (Å²) in [6.45, 7) is 6.88. The third kappa shape index (κ3) is 5.64. The van der Waals surface area contributed by atoms with Crippen LogP contribution in [0.25, 0.3) is 0 Å². The van der Waals surface area contributed by atoms with Crippen LogP contribution in [-0.2, 0) is 0 Å². The van der Waals surface area contributed by atoms with Gasteiger partial charge in [-0.25, -0.2) is 4.99 Å². The van der Waals surface area contributed by atoms with Crippen LogP contribution in [0.1, 0.15) is 65.7 Å². The van der Waals surface area contributed by atoms with Crippen molar-refractivity contribution in [3.05, 3.63) is 24.3 Å². The first-order valence-electron chi connectivity index (χ1n) is 9.66. The van der Waals surface area contributed by atoms with Crippen LogP contribution in [0.4, 0.5) is 5.69 Å². The number of nitrogens with two attached hydrogens (primary N) is 2. The molecule has 0 radical (unpaired) electrons. The molecular formula is C20H33N5O. The molecule has 26 heavy (non-hydrogen) atoms. The van der Waals surface area contributed by atoms with Crippen LogP contribution in [0.3, 0.4) is 0 Å². The lowest BCUT2D eigenvalue weighted by molar-refractivity contribution is 0.304. The fraction of sp³-hybridized carbons (Fsp3) is 0.600. The molecule has 1 heterocycles. The van der Waals surface area contributed by atoms with Gasteiger partial charge >= 0.3 is 0 Å². The molecule has 1 aromatic rings. The molecule has 2 rings (SSSR count). The summed E-state index contributed by atoms with van der Waals surface area (Å²) in [5.74, 6) is 1.38. The van der Waals surface area contributed by atoms with Gasteiger partial charge in [0.1, 0.15) is 11.4 Å². The molecule has 0 bridgehead atoms. The van der Waals surface area contributed by atoms with E-state index in [1.807, 2.05) is 43.0 Å². The van der Waals surface area contributed by atoms with Crippen molar-refractivity contribution >= 4 is 17.6 Å². The molecule has 1 aromatic carbocycles. The first-order chi connectivity index (χ1) is 12.4. The van der Waals surface area contributed by atoms with Gasteiger partial charge in [0, 0.05) is 11.8 Å². The monoisotopic (exact) mass is 359 g/mol. The molecule has 0 spiro atoms. The van der Waals surface area contributed by atoms with Gasteiger partial charge in [-0.15, -0.1) is 0 Å². The Hall–Kier alpha value is -2.24. The Kier molecular flexibility index (Phi) is 7.30. The maximum absolute atomic E-state index is 6.09. The highest BCUT2D eigenvalue weighted by molar-refractivity contribution is 6.05. The summed E-state index contributed by atoms with van der Waals surface area (Å²) < 4.78 is 5.92. The van der Waals surface area contributed by atoms with E-state index >= 15 is 0 Å². The molecule has 0 atom stereocenters. The summed E-state index contributed by atoms with van der Waals surface area (Å²) in [6.07, 6.45) is 8.90. The fourth-order valence-corrected chi connectivity index (χ4v) is 3.21. The zero-order valence-corrected chi connectivity index (χ0v) is 16.4. The second kappa shape index (κ2) is 9.46. The maximum atomic E-state index is 6.09. The van der Waals surface area contributed by atoms with E-state index in [1.54, 1.807) is 0 Å². The van der Waals surface area contributed by atoms with Crippen molar-refractivity contribution in [1.29, 1.82) is 0 Å². The second-order valence-corrected chi connectivity index (χ2v) is 7.24. The lowest BCUT2D eigenvalue weighted by Gasteiger charge is -2.38. The first kappa shape index (κ1) is 20.1. The summed E-state index contributed by atoms with van der Waals surface area (Å²) in [7, 11) is 0. The van der Waals surface area contributed by atoms with Crippen molar-refractivity contribution in [2.45, 2.75) is 71.4 Å². The zero-order valence-electron chi connectivity index (χ0n) is 16.4. The molecule has 6 nitrogen and oxygen atoms in total. The van der Waals surface area contributed by atoms with Gasteiger partial charge in [0.15, 0.2) is 0 Å². The third-order valence-electron chi connectivity index (χ3n) is 4.49. The number of anilines is 1. The van der Waals surface area contributed by atoms with Crippen LogP contribution in [0.5, 0.6) is 5.75 Å². The predicted molar refractivity (Wildman–Crippen MR) is 110 cm³/mol. The minimum absolute atomic E-state index is 0.204. The highest BCUT2D eigenvalue weighted by atomic mass is 16.5. The van der Waals surface area contributed by atoms with Crippen LogP contribution >= 0.6 is 0 Å². The molecule has 4 N–H and O–H groups in total. The smallest absolute Gasteiger partial charge is 0.220 e. The third-order valence-corrected chi connectivity index (χ3v) is 4.49. The van der Waals surface area contributed by atoms with Crippen LogP contribution in [0.15, 0.2) is 34.3 Å². The lowest BCUT2D eigenvalue weighted by Crippen LogP contribution is -2.54. The minimum Gasteiger partial charge on any atom is -0.494 e. The number of guanidine groups is 2. The van der Waals surface area contributed by atoms with Gasteiger partial charge in [-0.05, 0) is 32.4 Å². The van der Waals surface area contributed by atoms with Gasteiger partial charge in [-0.3, -0.25) is 4.90 Å². The van der Waals surface area contributed by atoms with Crippen molar-refractivity contribution in [3.63, 3.8) is 0 Å². The molecule has 0 aliphatic carbocycles. The highest BCUT2D eigenvalue weighted by Crippen LogP contribution is 2.29. The number of nitrogens with zero attached hydrogens (tertiary/aromatic N) is 3. The Morgan fingerprint density at radius 1 is 1.04 bits per heavy atom. The zero-order chi connectivity index (χ0) is 19.0. The number of hydrogen-bond donors (Lipinski definition) is 2. The Morgan fingerprint density at radius 2 is 1.73 bits per heavy atom. The van der Waals surface area contributed by atoms with Crippen molar-refractivity contribution in [3.8, 4) is 5.75 Å². The summed E-state index contributed by atoms with van der Waals surface area (Å²) in [5.41, 5.74) is 12.1. The molecule has 0 saturated carbocycles. The molecule has 0 amide bonds. The van der Waals surface area contributed by atoms with Gasteiger partial charge in [0.25, 0.3) is 0 Å². The van der Waals surface area contributed by atoms with Gasteiger partial charge in [0.05, 0.1) is 6.61 Å². The quantitative estimate of drug-likeness (QED) is 0.618. The molecule has 144 valence electrons. The minimum atomic E-state index is -0.590. The van der Waals surface area contributed by atoms with Crippen LogP contribution in [-0.4, -0.2) is 24.2 Å². The predicted octanol–water partition coefficient (Wildman–Crippen LogP) is 4.00. The summed E-state index contributed by atoms with van der Waals surface area (Å²) in [4.78, 5) is 10.3. The van der Waals surface area contributed by atoms with E-state index in [1.165, 1.54) is 38.5 Å². The summed E-state index contributed by atoms with van der Waals surface area (Å²) >= 11 is 0. The van der Waals surface area contributed by atoms with E-state index in [9.17, 15) is 0 Å². The topological polar surface area (TPSA) is 89.2 Å². The molecule has 0 aromatic heterocycles. The van der Waals surface area contributed by atoms with E-state index < -0.39 is 5.66 Å².